The molecule has 94 valence electrons. The molecule has 1 atom stereocenters. The molecule has 0 aliphatic rings. The van der Waals surface area contributed by atoms with Crippen LogP contribution in [0.5, 0.6) is 0 Å². The average molecular weight is 256 g/mol. The average Bonchev–Trinajstić information content (AvgIpc) is 2.39. The van der Waals surface area contributed by atoms with Gasteiger partial charge in [-0.25, -0.2) is 0 Å². The Labute approximate surface area is 111 Å². The summed E-state index contributed by atoms with van der Waals surface area (Å²) in [6.45, 7) is 2.13. The maximum Gasteiger partial charge on any atom is 0.176 e. The first kappa shape index (κ1) is 13.1. The summed E-state index contributed by atoms with van der Waals surface area (Å²) in [6, 6.07) is 16.6. The number of benzene rings is 2. The van der Waals surface area contributed by atoms with Gasteiger partial charge in [-0.15, -0.1) is 0 Å². The molecule has 0 spiro atoms. The summed E-state index contributed by atoms with van der Waals surface area (Å²) in [5, 5.41) is 2.55. The normalized spacial score (nSPS) is 13.2. The second kappa shape index (κ2) is 6.52. The minimum absolute atomic E-state index is 0.872. The fourth-order valence-electron chi connectivity index (χ4n) is 2.20. The van der Waals surface area contributed by atoms with Crippen molar-refractivity contribution in [1.82, 2.24) is 0 Å². The summed E-state index contributed by atoms with van der Waals surface area (Å²) < 4.78 is 0. The Kier molecular flexibility index (Phi) is 4.73. The van der Waals surface area contributed by atoms with Gasteiger partial charge in [0.1, 0.15) is 0 Å². The summed E-state index contributed by atoms with van der Waals surface area (Å²) in [5.74, 6) is 0. The third-order valence-corrected chi connectivity index (χ3v) is 5.21. The van der Waals surface area contributed by atoms with Crippen molar-refractivity contribution in [3.05, 3.63) is 54.1 Å². The number of fused-ring (bicyclic) bond motifs is 1. The highest BCUT2D eigenvalue weighted by Gasteiger charge is 2.02. The van der Waals surface area contributed by atoms with Gasteiger partial charge in [-0.3, -0.25) is 0 Å². The Bertz CT molecular complexity index is 528. The monoisotopic (exact) mass is 256 g/mol. The van der Waals surface area contributed by atoms with Crippen molar-refractivity contribution >= 4 is 25.9 Å². The van der Waals surface area contributed by atoms with Crippen molar-refractivity contribution in [2.45, 2.75) is 25.4 Å². The Morgan fingerprint density at radius 1 is 1.11 bits per heavy atom. The van der Waals surface area contributed by atoms with E-state index in [1.165, 1.54) is 16.3 Å². The van der Waals surface area contributed by atoms with Crippen LogP contribution in [0.4, 0.5) is 0 Å². The summed E-state index contributed by atoms with van der Waals surface area (Å²) in [7, 11) is -1.49. The lowest BCUT2D eigenvalue weighted by molar-refractivity contribution is 0.569. The molecule has 1 unspecified atom stereocenters. The Morgan fingerprint density at radius 3 is 2.72 bits per heavy atom. The first-order chi connectivity index (χ1) is 8.81. The van der Waals surface area contributed by atoms with E-state index in [0.29, 0.717) is 0 Å². The smallest absolute Gasteiger partial charge is 0.176 e. The molecule has 18 heavy (non-hydrogen) atoms. The lowest BCUT2D eigenvalue weighted by Gasteiger charge is -2.03. The molecular formula is C16H20OSi. The summed E-state index contributed by atoms with van der Waals surface area (Å²) in [5.41, 5.74) is 1.24. The van der Waals surface area contributed by atoms with Gasteiger partial charge in [0.25, 0.3) is 0 Å². The molecule has 0 amide bonds. The molecule has 0 aliphatic carbocycles. The molecule has 2 aromatic carbocycles. The van der Waals surface area contributed by atoms with E-state index >= 15 is 0 Å². The summed E-state index contributed by atoms with van der Waals surface area (Å²) in [6.07, 6.45) is 5.37. The molecule has 2 aromatic rings. The molecule has 0 fully saturated rings. The van der Waals surface area contributed by atoms with E-state index in [4.69, 9.17) is 0 Å². The van der Waals surface area contributed by atoms with Gasteiger partial charge in [0.15, 0.2) is 9.04 Å². The lowest BCUT2D eigenvalue weighted by Crippen LogP contribution is -2.08. The SMILES string of the molecule is CCC[SiH](O)CC=Cc1cccc2ccccc12. The Hall–Kier alpha value is -1.38. The molecule has 0 saturated carbocycles. The predicted molar refractivity (Wildman–Crippen MR) is 82.3 cm³/mol. The van der Waals surface area contributed by atoms with Crippen LogP contribution in [0.3, 0.4) is 0 Å². The van der Waals surface area contributed by atoms with Crippen molar-refractivity contribution in [2.75, 3.05) is 0 Å². The van der Waals surface area contributed by atoms with Crippen LogP contribution in [0.2, 0.25) is 12.1 Å². The predicted octanol–water partition coefficient (Wildman–Crippen LogP) is 3.98. The van der Waals surface area contributed by atoms with Crippen LogP contribution in [0.25, 0.3) is 16.8 Å². The third kappa shape index (κ3) is 3.31. The number of hydrogen-bond acceptors (Lipinski definition) is 1. The van der Waals surface area contributed by atoms with Crippen molar-refractivity contribution < 1.29 is 4.80 Å². The molecule has 0 aliphatic heterocycles. The first-order valence-corrected chi connectivity index (χ1v) is 8.78. The van der Waals surface area contributed by atoms with Crippen LogP contribution in [0.15, 0.2) is 48.5 Å². The highest BCUT2D eigenvalue weighted by Crippen LogP contribution is 2.19. The molecule has 0 heterocycles. The van der Waals surface area contributed by atoms with Crippen molar-refractivity contribution in [3.63, 3.8) is 0 Å². The maximum absolute atomic E-state index is 9.83. The minimum Gasteiger partial charge on any atom is -0.434 e. The highest BCUT2D eigenvalue weighted by atomic mass is 28.3. The fraction of sp³-hybridized carbons (Fsp3) is 0.250. The number of allylic oxidation sites excluding steroid dienone is 1. The van der Waals surface area contributed by atoms with Crippen LogP contribution < -0.4 is 0 Å². The van der Waals surface area contributed by atoms with Gasteiger partial charge in [-0.2, -0.15) is 0 Å². The molecule has 0 radical (unpaired) electrons. The van der Waals surface area contributed by atoms with Crippen LogP contribution in [0.1, 0.15) is 18.9 Å². The third-order valence-electron chi connectivity index (χ3n) is 3.15. The number of hydrogen-bond donors (Lipinski definition) is 1. The molecule has 2 rings (SSSR count). The van der Waals surface area contributed by atoms with E-state index in [0.717, 1.165) is 18.5 Å². The first-order valence-electron chi connectivity index (χ1n) is 6.63. The van der Waals surface area contributed by atoms with Gasteiger partial charge < -0.3 is 4.80 Å². The van der Waals surface area contributed by atoms with E-state index in [1.54, 1.807) is 0 Å². The molecule has 2 heteroatoms. The summed E-state index contributed by atoms with van der Waals surface area (Å²) in [4.78, 5) is 9.83. The molecule has 1 nitrogen and oxygen atoms in total. The van der Waals surface area contributed by atoms with Gasteiger partial charge in [0.05, 0.1) is 0 Å². The largest absolute Gasteiger partial charge is 0.434 e. The van der Waals surface area contributed by atoms with E-state index < -0.39 is 9.04 Å². The van der Waals surface area contributed by atoms with Crippen LogP contribution in [0, 0.1) is 0 Å². The van der Waals surface area contributed by atoms with Gasteiger partial charge in [0.2, 0.25) is 0 Å². The lowest BCUT2D eigenvalue weighted by atomic mass is 10.0. The van der Waals surface area contributed by atoms with Gasteiger partial charge in [-0.05, 0) is 28.4 Å². The Morgan fingerprint density at radius 2 is 1.89 bits per heavy atom. The maximum atomic E-state index is 9.83. The fourth-order valence-corrected chi connectivity index (χ4v) is 3.55. The molecule has 0 aromatic heterocycles. The van der Waals surface area contributed by atoms with E-state index in [1.807, 2.05) is 0 Å². The van der Waals surface area contributed by atoms with E-state index in [2.05, 4.69) is 61.5 Å². The zero-order valence-electron chi connectivity index (χ0n) is 10.8. The zero-order valence-corrected chi connectivity index (χ0v) is 12.0. The molecular weight excluding hydrogens is 236 g/mol. The summed E-state index contributed by atoms with van der Waals surface area (Å²) >= 11 is 0. The standard InChI is InChI=1S/C16H20OSi/c1-2-12-18(17)13-6-10-15-9-5-8-14-7-3-4-11-16(14)15/h3-11,17-18H,2,12-13H2,1H3. The molecule has 0 saturated heterocycles. The van der Waals surface area contributed by atoms with Crippen LogP contribution in [-0.4, -0.2) is 13.8 Å². The second-order valence-corrected chi connectivity index (χ2v) is 7.01. The van der Waals surface area contributed by atoms with Crippen molar-refractivity contribution in [3.8, 4) is 0 Å². The van der Waals surface area contributed by atoms with Gasteiger partial charge >= 0.3 is 0 Å². The van der Waals surface area contributed by atoms with Crippen LogP contribution >= 0.6 is 0 Å². The zero-order chi connectivity index (χ0) is 12.8. The quantitative estimate of drug-likeness (QED) is 0.802. The van der Waals surface area contributed by atoms with Gasteiger partial charge in [0, 0.05) is 0 Å². The molecule has 1 N–H and O–H groups in total. The van der Waals surface area contributed by atoms with E-state index in [-0.39, 0.29) is 0 Å². The Balaban J connectivity index is 2.14. The second-order valence-electron chi connectivity index (χ2n) is 4.65. The number of rotatable bonds is 5. The van der Waals surface area contributed by atoms with Crippen LogP contribution in [-0.2, 0) is 0 Å². The van der Waals surface area contributed by atoms with E-state index in [9.17, 15) is 4.80 Å². The molecule has 0 bridgehead atoms. The van der Waals surface area contributed by atoms with Gasteiger partial charge in [-0.1, -0.05) is 68.0 Å². The topological polar surface area (TPSA) is 20.2 Å². The minimum atomic E-state index is -1.49. The van der Waals surface area contributed by atoms with Crippen molar-refractivity contribution in [1.29, 1.82) is 0 Å². The highest BCUT2D eigenvalue weighted by molar-refractivity contribution is 6.50. The van der Waals surface area contributed by atoms with Crippen molar-refractivity contribution in [2.24, 2.45) is 0 Å².